The number of hydrogen-bond donors (Lipinski definition) is 0. The molecule has 0 saturated carbocycles. The van der Waals surface area contributed by atoms with Crippen LogP contribution < -0.4 is 4.74 Å². The average Bonchev–Trinajstić information content (AvgIpc) is 2.16. The molecule has 0 aliphatic carbocycles. The molecule has 0 aliphatic rings. The summed E-state index contributed by atoms with van der Waals surface area (Å²) in [5, 5.41) is 0. The van der Waals surface area contributed by atoms with Crippen molar-refractivity contribution in [2.24, 2.45) is 5.92 Å². The summed E-state index contributed by atoms with van der Waals surface area (Å²) in [6, 6.07) is 6.10. The predicted molar refractivity (Wildman–Crippen MR) is 63.8 cm³/mol. The average molecular weight is 257 g/mol. The molecular formula is C12H17BrO. The van der Waals surface area contributed by atoms with Crippen molar-refractivity contribution in [2.75, 3.05) is 6.61 Å². The minimum absolute atomic E-state index is 0.623. The van der Waals surface area contributed by atoms with Crippen molar-refractivity contribution in [3.8, 4) is 5.75 Å². The van der Waals surface area contributed by atoms with Gasteiger partial charge >= 0.3 is 0 Å². The van der Waals surface area contributed by atoms with E-state index in [1.807, 2.05) is 12.1 Å². The van der Waals surface area contributed by atoms with Gasteiger partial charge in [-0.1, -0.05) is 36.2 Å². The lowest BCUT2D eigenvalue weighted by atomic mass is 10.1. The van der Waals surface area contributed by atoms with Crippen molar-refractivity contribution in [1.82, 2.24) is 0 Å². The SMILES string of the molecule is CCC(C)COc1ccc(Br)cc1C. The molecule has 0 saturated heterocycles. The highest BCUT2D eigenvalue weighted by molar-refractivity contribution is 9.10. The van der Waals surface area contributed by atoms with Gasteiger partial charge < -0.3 is 4.74 Å². The van der Waals surface area contributed by atoms with Gasteiger partial charge in [-0.3, -0.25) is 0 Å². The highest BCUT2D eigenvalue weighted by atomic mass is 79.9. The standard InChI is InChI=1S/C12H17BrO/c1-4-9(2)8-14-12-6-5-11(13)7-10(12)3/h5-7,9H,4,8H2,1-3H3. The van der Waals surface area contributed by atoms with E-state index < -0.39 is 0 Å². The zero-order chi connectivity index (χ0) is 10.6. The number of rotatable bonds is 4. The molecule has 0 heterocycles. The van der Waals surface area contributed by atoms with Crippen LogP contribution in [-0.2, 0) is 0 Å². The fraction of sp³-hybridized carbons (Fsp3) is 0.500. The van der Waals surface area contributed by atoms with E-state index in [4.69, 9.17) is 4.74 Å². The third-order valence-electron chi connectivity index (χ3n) is 2.36. The summed E-state index contributed by atoms with van der Waals surface area (Å²) >= 11 is 3.43. The number of aryl methyl sites for hydroxylation is 1. The second kappa shape index (κ2) is 5.40. The molecule has 1 aromatic rings. The van der Waals surface area contributed by atoms with Crippen LogP contribution in [0.15, 0.2) is 22.7 Å². The van der Waals surface area contributed by atoms with Crippen molar-refractivity contribution in [1.29, 1.82) is 0 Å². The van der Waals surface area contributed by atoms with Gasteiger partial charge in [0.15, 0.2) is 0 Å². The minimum Gasteiger partial charge on any atom is -0.493 e. The molecule has 0 fully saturated rings. The predicted octanol–water partition coefficient (Wildman–Crippen LogP) is 4.18. The van der Waals surface area contributed by atoms with Crippen LogP contribution in [0, 0.1) is 12.8 Å². The Kier molecular flexibility index (Phi) is 4.46. The highest BCUT2D eigenvalue weighted by Crippen LogP contribution is 2.22. The Labute approximate surface area is 94.6 Å². The summed E-state index contributed by atoms with van der Waals surface area (Å²) < 4.78 is 6.83. The molecule has 0 bridgehead atoms. The summed E-state index contributed by atoms with van der Waals surface area (Å²) in [6.07, 6.45) is 1.16. The Morgan fingerprint density at radius 2 is 2.14 bits per heavy atom. The second-order valence-electron chi connectivity index (χ2n) is 3.73. The van der Waals surface area contributed by atoms with Crippen molar-refractivity contribution in [2.45, 2.75) is 27.2 Å². The lowest BCUT2D eigenvalue weighted by Gasteiger charge is -2.12. The van der Waals surface area contributed by atoms with Crippen molar-refractivity contribution in [3.63, 3.8) is 0 Å². The Bertz CT molecular complexity index is 296. The zero-order valence-corrected chi connectivity index (χ0v) is 10.6. The fourth-order valence-corrected chi connectivity index (χ4v) is 1.60. The van der Waals surface area contributed by atoms with Crippen LogP contribution in [0.2, 0.25) is 0 Å². The van der Waals surface area contributed by atoms with E-state index >= 15 is 0 Å². The largest absolute Gasteiger partial charge is 0.493 e. The first kappa shape index (κ1) is 11.6. The third kappa shape index (κ3) is 3.33. The van der Waals surface area contributed by atoms with Gasteiger partial charge in [-0.15, -0.1) is 0 Å². The Morgan fingerprint density at radius 3 is 2.71 bits per heavy atom. The molecule has 0 aliphatic heterocycles. The molecule has 1 rings (SSSR count). The zero-order valence-electron chi connectivity index (χ0n) is 9.01. The molecule has 1 atom stereocenters. The van der Waals surface area contributed by atoms with Gasteiger partial charge in [0.2, 0.25) is 0 Å². The number of ether oxygens (including phenoxy) is 1. The molecule has 0 N–H and O–H groups in total. The monoisotopic (exact) mass is 256 g/mol. The van der Waals surface area contributed by atoms with Crippen LogP contribution in [0.4, 0.5) is 0 Å². The van der Waals surface area contributed by atoms with E-state index in [1.54, 1.807) is 0 Å². The van der Waals surface area contributed by atoms with Gasteiger partial charge in [0, 0.05) is 4.47 Å². The Balaban J connectivity index is 2.59. The van der Waals surface area contributed by atoms with E-state index in [0.29, 0.717) is 5.92 Å². The smallest absolute Gasteiger partial charge is 0.122 e. The molecule has 0 aromatic heterocycles. The van der Waals surface area contributed by atoms with Gasteiger partial charge in [-0.05, 0) is 36.6 Å². The van der Waals surface area contributed by atoms with Crippen molar-refractivity contribution in [3.05, 3.63) is 28.2 Å². The van der Waals surface area contributed by atoms with E-state index in [2.05, 4.69) is 42.8 Å². The first-order valence-corrected chi connectivity index (χ1v) is 5.81. The lowest BCUT2D eigenvalue weighted by Crippen LogP contribution is -2.07. The van der Waals surface area contributed by atoms with Crippen molar-refractivity contribution >= 4 is 15.9 Å². The lowest BCUT2D eigenvalue weighted by molar-refractivity contribution is 0.255. The van der Waals surface area contributed by atoms with Gasteiger partial charge in [0.25, 0.3) is 0 Å². The Hall–Kier alpha value is -0.500. The van der Waals surface area contributed by atoms with E-state index in [-0.39, 0.29) is 0 Å². The summed E-state index contributed by atoms with van der Waals surface area (Å²) in [6.45, 7) is 7.26. The van der Waals surface area contributed by atoms with Crippen LogP contribution in [0.5, 0.6) is 5.75 Å². The molecule has 0 radical (unpaired) electrons. The minimum atomic E-state index is 0.623. The van der Waals surface area contributed by atoms with Crippen LogP contribution in [0.3, 0.4) is 0 Å². The molecule has 1 unspecified atom stereocenters. The first-order valence-electron chi connectivity index (χ1n) is 5.02. The molecule has 1 nitrogen and oxygen atoms in total. The highest BCUT2D eigenvalue weighted by Gasteiger charge is 2.03. The number of hydrogen-bond acceptors (Lipinski definition) is 1. The normalized spacial score (nSPS) is 12.6. The summed E-state index contributed by atoms with van der Waals surface area (Å²) in [4.78, 5) is 0. The first-order chi connectivity index (χ1) is 6.63. The maximum absolute atomic E-state index is 5.72. The number of halogens is 1. The van der Waals surface area contributed by atoms with Gasteiger partial charge in [-0.2, -0.15) is 0 Å². The molecular weight excluding hydrogens is 240 g/mol. The van der Waals surface area contributed by atoms with E-state index in [1.165, 1.54) is 5.56 Å². The molecule has 0 amide bonds. The topological polar surface area (TPSA) is 9.23 Å². The van der Waals surface area contributed by atoms with Gasteiger partial charge in [0.1, 0.15) is 5.75 Å². The second-order valence-corrected chi connectivity index (χ2v) is 4.65. The van der Waals surface area contributed by atoms with Crippen LogP contribution in [-0.4, -0.2) is 6.61 Å². The quantitative estimate of drug-likeness (QED) is 0.786. The molecule has 14 heavy (non-hydrogen) atoms. The Morgan fingerprint density at radius 1 is 1.43 bits per heavy atom. The van der Waals surface area contributed by atoms with E-state index in [0.717, 1.165) is 23.2 Å². The maximum Gasteiger partial charge on any atom is 0.122 e. The summed E-state index contributed by atoms with van der Waals surface area (Å²) in [7, 11) is 0. The molecule has 0 spiro atoms. The van der Waals surface area contributed by atoms with Crippen LogP contribution >= 0.6 is 15.9 Å². The van der Waals surface area contributed by atoms with Gasteiger partial charge in [-0.25, -0.2) is 0 Å². The molecule has 78 valence electrons. The fourth-order valence-electron chi connectivity index (χ4n) is 1.12. The third-order valence-corrected chi connectivity index (χ3v) is 2.85. The summed E-state index contributed by atoms with van der Waals surface area (Å²) in [5.74, 6) is 1.62. The van der Waals surface area contributed by atoms with Crippen LogP contribution in [0.25, 0.3) is 0 Å². The van der Waals surface area contributed by atoms with E-state index in [9.17, 15) is 0 Å². The van der Waals surface area contributed by atoms with Crippen molar-refractivity contribution < 1.29 is 4.74 Å². The molecule has 1 aromatic carbocycles. The maximum atomic E-state index is 5.72. The van der Waals surface area contributed by atoms with Gasteiger partial charge in [0.05, 0.1) is 6.61 Å². The van der Waals surface area contributed by atoms with Crippen LogP contribution in [0.1, 0.15) is 25.8 Å². The molecule has 2 heteroatoms. The number of benzene rings is 1. The summed E-state index contributed by atoms with van der Waals surface area (Å²) in [5.41, 5.74) is 1.18.